The van der Waals surface area contributed by atoms with E-state index in [0.29, 0.717) is 19.2 Å². The number of nitrogen functional groups attached to an aromatic ring is 1. The second-order valence-electron chi connectivity index (χ2n) is 7.31. The van der Waals surface area contributed by atoms with Crippen LogP contribution in [0, 0.1) is 0 Å². The van der Waals surface area contributed by atoms with Crippen LogP contribution in [0.2, 0.25) is 0 Å². The summed E-state index contributed by atoms with van der Waals surface area (Å²) in [6.45, 7) is 3.73. The minimum Gasteiger partial charge on any atom is -0.388 e. The molecule has 9 nitrogen and oxygen atoms in total. The van der Waals surface area contributed by atoms with E-state index in [2.05, 4.69) is 49.4 Å². The Morgan fingerprint density at radius 3 is 2.63 bits per heavy atom. The van der Waals surface area contributed by atoms with Crippen LogP contribution in [0.25, 0.3) is 11.3 Å². The molecular weight excluding hydrogens is 380 g/mol. The van der Waals surface area contributed by atoms with Crippen LogP contribution >= 0.6 is 0 Å². The van der Waals surface area contributed by atoms with Gasteiger partial charge in [-0.3, -0.25) is 0 Å². The van der Waals surface area contributed by atoms with Gasteiger partial charge in [-0.25, -0.2) is 15.0 Å². The van der Waals surface area contributed by atoms with Gasteiger partial charge in [-0.2, -0.15) is 4.98 Å². The summed E-state index contributed by atoms with van der Waals surface area (Å²) in [5.41, 5.74) is 10.7. The molecule has 0 radical (unpaired) electrons. The van der Waals surface area contributed by atoms with Crippen LogP contribution < -0.4 is 20.9 Å². The van der Waals surface area contributed by atoms with Crippen LogP contribution in [-0.4, -0.2) is 59.8 Å². The van der Waals surface area contributed by atoms with Gasteiger partial charge in [0, 0.05) is 61.6 Å². The Labute approximate surface area is 174 Å². The maximum atomic E-state index is 5.70. The van der Waals surface area contributed by atoms with Crippen LogP contribution in [0.3, 0.4) is 0 Å². The standard InChI is InChI=1S/C21H24N8O/c1-23-15-3-2-4-16(11-15)29-6-5-17-18(14-12-24-20(22)25-13-14)26-21(27-19(17)29)28-7-9-30-10-8-28/h2-4,11-13,23H,5-10H2,1H3,(H2,22,24,25). The van der Waals surface area contributed by atoms with E-state index < -0.39 is 0 Å². The van der Waals surface area contributed by atoms with Crippen LogP contribution in [0.5, 0.6) is 0 Å². The molecule has 1 fully saturated rings. The highest BCUT2D eigenvalue weighted by Crippen LogP contribution is 2.39. The largest absolute Gasteiger partial charge is 0.388 e. The highest BCUT2D eigenvalue weighted by Gasteiger charge is 2.29. The van der Waals surface area contributed by atoms with E-state index in [9.17, 15) is 0 Å². The molecule has 2 aliphatic heterocycles. The van der Waals surface area contributed by atoms with E-state index in [4.69, 9.17) is 20.4 Å². The molecule has 2 aliphatic rings. The van der Waals surface area contributed by atoms with Crippen LogP contribution in [0.1, 0.15) is 5.56 Å². The molecule has 0 unspecified atom stereocenters. The molecule has 0 spiro atoms. The zero-order chi connectivity index (χ0) is 20.5. The number of morpholine rings is 1. The summed E-state index contributed by atoms with van der Waals surface area (Å²) in [7, 11) is 1.93. The van der Waals surface area contributed by atoms with Crippen molar-refractivity contribution in [3.63, 3.8) is 0 Å². The number of nitrogens with one attached hydrogen (secondary N) is 1. The van der Waals surface area contributed by atoms with Crippen LogP contribution in [0.15, 0.2) is 36.7 Å². The van der Waals surface area contributed by atoms with Gasteiger partial charge in [0.1, 0.15) is 5.82 Å². The molecule has 3 N–H and O–H groups in total. The lowest BCUT2D eigenvalue weighted by molar-refractivity contribution is 0.122. The summed E-state index contributed by atoms with van der Waals surface area (Å²) in [4.78, 5) is 22.7. The summed E-state index contributed by atoms with van der Waals surface area (Å²) in [5.74, 6) is 1.90. The fraction of sp³-hybridized carbons (Fsp3) is 0.333. The number of ether oxygens (including phenoxy) is 1. The number of fused-ring (bicyclic) bond motifs is 1. The van der Waals surface area contributed by atoms with Crippen molar-refractivity contribution < 1.29 is 4.74 Å². The van der Waals surface area contributed by atoms with Gasteiger partial charge in [-0.15, -0.1) is 0 Å². The van der Waals surface area contributed by atoms with Crippen LogP contribution in [0.4, 0.5) is 29.1 Å². The molecule has 1 aromatic carbocycles. The van der Waals surface area contributed by atoms with E-state index in [1.807, 2.05) is 7.05 Å². The lowest BCUT2D eigenvalue weighted by atomic mass is 10.1. The number of anilines is 5. The molecule has 30 heavy (non-hydrogen) atoms. The van der Waals surface area contributed by atoms with Gasteiger partial charge in [-0.05, 0) is 24.6 Å². The first-order valence-electron chi connectivity index (χ1n) is 10.1. The molecule has 2 aromatic heterocycles. The smallest absolute Gasteiger partial charge is 0.228 e. The molecule has 0 saturated carbocycles. The average Bonchev–Trinajstić information content (AvgIpc) is 3.24. The first-order chi connectivity index (χ1) is 14.7. The summed E-state index contributed by atoms with van der Waals surface area (Å²) >= 11 is 0. The van der Waals surface area contributed by atoms with E-state index in [-0.39, 0.29) is 5.95 Å². The highest BCUT2D eigenvalue weighted by atomic mass is 16.5. The van der Waals surface area contributed by atoms with Crippen molar-refractivity contribution >= 4 is 29.1 Å². The molecule has 0 amide bonds. The summed E-state index contributed by atoms with van der Waals surface area (Å²) < 4.78 is 5.51. The Bertz CT molecular complexity index is 1050. The summed E-state index contributed by atoms with van der Waals surface area (Å²) in [6.07, 6.45) is 4.32. The molecule has 5 rings (SSSR count). The van der Waals surface area contributed by atoms with Gasteiger partial charge >= 0.3 is 0 Å². The predicted molar refractivity (Wildman–Crippen MR) is 117 cm³/mol. The molecule has 0 bridgehead atoms. The first-order valence-corrected chi connectivity index (χ1v) is 10.1. The third-order valence-electron chi connectivity index (χ3n) is 5.50. The molecule has 0 atom stereocenters. The molecular formula is C21H24N8O. The Balaban J connectivity index is 1.63. The SMILES string of the molecule is CNc1cccc(N2CCc3c(-c4cnc(N)nc4)nc(N4CCOCC4)nc32)c1. The fourth-order valence-electron chi connectivity index (χ4n) is 3.93. The van der Waals surface area contributed by atoms with Gasteiger partial charge < -0.3 is 25.6 Å². The summed E-state index contributed by atoms with van der Waals surface area (Å²) in [5, 5.41) is 3.21. The molecule has 9 heteroatoms. The molecule has 154 valence electrons. The fourth-order valence-corrected chi connectivity index (χ4v) is 3.93. The predicted octanol–water partition coefficient (Wildman–Crippen LogP) is 2.09. The van der Waals surface area contributed by atoms with Gasteiger partial charge in [0.2, 0.25) is 11.9 Å². The number of rotatable bonds is 4. The molecule has 3 aromatic rings. The number of hydrogen-bond acceptors (Lipinski definition) is 9. The minimum atomic E-state index is 0.253. The second kappa shape index (κ2) is 7.75. The summed E-state index contributed by atoms with van der Waals surface area (Å²) in [6, 6.07) is 8.35. The topological polar surface area (TPSA) is 105 Å². The highest BCUT2D eigenvalue weighted by molar-refractivity contribution is 5.77. The van der Waals surface area contributed by atoms with Crippen molar-refractivity contribution in [1.82, 2.24) is 19.9 Å². The Kier molecular flexibility index (Phi) is 4.80. The van der Waals surface area contributed by atoms with Gasteiger partial charge in [0.15, 0.2) is 0 Å². The van der Waals surface area contributed by atoms with Crippen molar-refractivity contribution in [2.24, 2.45) is 0 Å². The Morgan fingerprint density at radius 2 is 1.87 bits per heavy atom. The number of nitrogens with zero attached hydrogens (tertiary/aromatic N) is 6. The monoisotopic (exact) mass is 404 g/mol. The van der Waals surface area contributed by atoms with Crippen molar-refractivity contribution in [3.8, 4) is 11.3 Å². The Morgan fingerprint density at radius 1 is 1.07 bits per heavy atom. The first kappa shape index (κ1) is 18.6. The maximum Gasteiger partial charge on any atom is 0.228 e. The van der Waals surface area contributed by atoms with Gasteiger partial charge in [0.25, 0.3) is 0 Å². The number of benzene rings is 1. The number of hydrogen-bond donors (Lipinski definition) is 2. The van der Waals surface area contributed by atoms with Crippen molar-refractivity contribution in [2.75, 3.05) is 60.7 Å². The third-order valence-corrected chi connectivity index (χ3v) is 5.50. The zero-order valence-corrected chi connectivity index (χ0v) is 16.9. The average molecular weight is 404 g/mol. The van der Waals surface area contributed by atoms with Gasteiger partial charge in [-0.1, -0.05) is 6.07 Å². The third kappa shape index (κ3) is 3.37. The zero-order valence-electron chi connectivity index (χ0n) is 16.9. The quantitative estimate of drug-likeness (QED) is 0.676. The lowest BCUT2D eigenvalue weighted by Gasteiger charge is -2.28. The normalized spacial score (nSPS) is 15.9. The van der Waals surface area contributed by atoms with E-state index in [1.165, 1.54) is 0 Å². The number of nitrogens with two attached hydrogens (primary N) is 1. The van der Waals surface area contributed by atoms with E-state index in [1.54, 1.807) is 12.4 Å². The maximum absolute atomic E-state index is 5.70. The minimum absolute atomic E-state index is 0.253. The van der Waals surface area contributed by atoms with Crippen molar-refractivity contribution in [2.45, 2.75) is 6.42 Å². The second-order valence-corrected chi connectivity index (χ2v) is 7.31. The van der Waals surface area contributed by atoms with Crippen molar-refractivity contribution in [3.05, 3.63) is 42.2 Å². The van der Waals surface area contributed by atoms with Crippen molar-refractivity contribution in [1.29, 1.82) is 0 Å². The molecule has 1 saturated heterocycles. The van der Waals surface area contributed by atoms with Crippen LogP contribution in [-0.2, 0) is 11.2 Å². The van der Waals surface area contributed by atoms with E-state index in [0.717, 1.165) is 60.1 Å². The molecule has 0 aliphatic carbocycles. The molecule has 4 heterocycles. The number of aromatic nitrogens is 4. The lowest BCUT2D eigenvalue weighted by Crippen LogP contribution is -2.37. The van der Waals surface area contributed by atoms with Gasteiger partial charge in [0.05, 0.1) is 18.9 Å². The van der Waals surface area contributed by atoms with E-state index >= 15 is 0 Å². The Hall–Kier alpha value is -3.46.